The number of carbonyl (C=O) groups is 1. The molecule has 0 saturated carbocycles. The summed E-state index contributed by atoms with van der Waals surface area (Å²) in [4.78, 5) is 12.4. The van der Waals surface area contributed by atoms with Crippen LogP contribution in [0.5, 0.6) is 0 Å². The third-order valence-electron chi connectivity index (χ3n) is 3.36. The molecule has 0 fully saturated rings. The average molecular weight is 332 g/mol. The quantitative estimate of drug-likeness (QED) is 0.847. The Morgan fingerprint density at radius 2 is 1.70 bits per heavy atom. The van der Waals surface area contributed by atoms with Crippen molar-refractivity contribution in [1.82, 2.24) is 0 Å². The molecule has 0 amide bonds. The molecule has 2 nitrogen and oxygen atoms in total. The van der Waals surface area contributed by atoms with Gasteiger partial charge in [-0.3, -0.25) is 4.79 Å². The highest BCUT2D eigenvalue weighted by molar-refractivity contribution is 9.10. The minimum atomic E-state index is -0.0485. The van der Waals surface area contributed by atoms with Crippen LogP contribution in [0.2, 0.25) is 0 Å². The van der Waals surface area contributed by atoms with E-state index in [1.807, 2.05) is 48.5 Å². The first kappa shape index (κ1) is 14.9. The van der Waals surface area contributed by atoms with Crippen molar-refractivity contribution < 1.29 is 4.79 Å². The summed E-state index contributed by atoms with van der Waals surface area (Å²) in [5.41, 5.74) is 8.52. The van der Waals surface area contributed by atoms with Crippen molar-refractivity contribution in [1.29, 1.82) is 0 Å². The molecular weight excluding hydrogens is 314 g/mol. The van der Waals surface area contributed by atoms with Gasteiger partial charge in [0.1, 0.15) is 0 Å². The molecule has 0 spiro atoms. The van der Waals surface area contributed by atoms with Crippen LogP contribution in [0.4, 0.5) is 0 Å². The van der Waals surface area contributed by atoms with Gasteiger partial charge in [0.2, 0.25) is 0 Å². The van der Waals surface area contributed by atoms with Crippen LogP contribution in [-0.4, -0.2) is 5.78 Å². The maximum Gasteiger partial charge on any atom is 0.193 e. The van der Waals surface area contributed by atoms with E-state index in [1.54, 1.807) is 0 Å². The van der Waals surface area contributed by atoms with Gasteiger partial charge in [0.25, 0.3) is 0 Å². The van der Waals surface area contributed by atoms with E-state index in [0.29, 0.717) is 17.0 Å². The van der Waals surface area contributed by atoms with E-state index in [-0.39, 0.29) is 11.8 Å². The molecule has 0 saturated heterocycles. The Labute approximate surface area is 128 Å². The van der Waals surface area contributed by atoms with Crippen LogP contribution in [-0.2, 0) is 0 Å². The SMILES string of the molecule is CC(C)[C@H](N)c1cccc(C(=O)c2ccc(Br)cc2)c1. The molecule has 3 heteroatoms. The number of rotatable bonds is 4. The number of nitrogens with two attached hydrogens (primary N) is 1. The zero-order valence-electron chi connectivity index (χ0n) is 11.6. The van der Waals surface area contributed by atoms with Crippen molar-refractivity contribution in [3.8, 4) is 0 Å². The lowest BCUT2D eigenvalue weighted by molar-refractivity contribution is 0.103. The number of halogens is 1. The zero-order chi connectivity index (χ0) is 14.7. The molecule has 0 aliphatic heterocycles. The first-order valence-electron chi connectivity index (χ1n) is 6.65. The maximum atomic E-state index is 12.4. The fraction of sp³-hybridized carbons (Fsp3) is 0.235. The number of ketones is 1. The second-order valence-electron chi connectivity index (χ2n) is 5.23. The Morgan fingerprint density at radius 3 is 2.30 bits per heavy atom. The van der Waals surface area contributed by atoms with Gasteiger partial charge in [0.15, 0.2) is 5.78 Å². The van der Waals surface area contributed by atoms with Crippen molar-refractivity contribution in [3.05, 3.63) is 69.7 Å². The van der Waals surface area contributed by atoms with Gasteiger partial charge in [-0.2, -0.15) is 0 Å². The molecular formula is C17H18BrNO. The van der Waals surface area contributed by atoms with Gasteiger partial charge in [-0.05, 0) is 41.8 Å². The molecule has 2 N–H and O–H groups in total. The van der Waals surface area contributed by atoms with E-state index in [0.717, 1.165) is 10.0 Å². The van der Waals surface area contributed by atoms with Crippen molar-refractivity contribution >= 4 is 21.7 Å². The fourth-order valence-electron chi connectivity index (χ4n) is 2.04. The van der Waals surface area contributed by atoms with Crippen LogP contribution in [0.1, 0.15) is 41.4 Å². The zero-order valence-corrected chi connectivity index (χ0v) is 13.2. The number of carbonyl (C=O) groups excluding carboxylic acids is 1. The summed E-state index contributed by atoms with van der Waals surface area (Å²) in [5.74, 6) is 0.364. The van der Waals surface area contributed by atoms with Gasteiger partial charge in [0.05, 0.1) is 0 Å². The van der Waals surface area contributed by atoms with E-state index in [2.05, 4.69) is 29.8 Å². The highest BCUT2D eigenvalue weighted by Crippen LogP contribution is 2.21. The first-order valence-corrected chi connectivity index (χ1v) is 7.44. The highest BCUT2D eigenvalue weighted by Gasteiger charge is 2.14. The molecule has 2 rings (SSSR count). The van der Waals surface area contributed by atoms with Crippen LogP contribution >= 0.6 is 15.9 Å². The molecule has 2 aromatic carbocycles. The Kier molecular flexibility index (Phi) is 4.73. The van der Waals surface area contributed by atoms with Gasteiger partial charge < -0.3 is 5.73 Å². The molecule has 20 heavy (non-hydrogen) atoms. The van der Waals surface area contributed by atoms with Crippen molar-refractivity contribution in [2.24, 2.45) is 11.7 Å². The second kappa shape index (κ2) is 6.33. The summed E-state index contributed by atoms with van der Waals surface area (Å²) in [7, 11) is 0. The molecule has 2 aromatic rings. The summed E-state index contributed by atoms with van der Waals surface area (Å²) in [6.07, 6.45) is 0. The van der Waals surface area contributed by atoms with E-state index in [1.165, 1.54) is 0 Å². The van der Waals surface area contributed by atoms with Gasteiger partial charge in [-0.15, -0.1) is 0 Å². The molecule has 1 atom stereocenters. The van der Waals surface area contributed by atoms with Crippen molar-refractivity contribution in [2.45, 2.75) is 19.9 Å². The summed E-state index contributed by atoms with van der Waals surface area (Å²) < 4.78 is 0.963. The van der Waals surface area contributed by atoms with Gasteiger partial charge in [-0.1, -0.05) is 48.0 Å². The lowest BCUT2D eigenvalue weighted by Crippen LogP contribution is -2.17. The standard InChI is InChI=1S/C17H18BrNO/c1-11(2)16(19)13-4-3-5-14(10-13)17(20)12-6-8-15(18)9-7-12/h3-11,16H,19H2,1-2H3/t16-/m0/s1. The Balaban J connectivity index is 2.31. The smallest absolute Gasteiger partial charge is 0.193 e. The normalized spacial score (nSPS) is 12.4. The van der Waals surface area contributed by atoms with Crippen LogP contribution in [0.25, 0.3) is 0 Å². The molecule has 0 aliphatic rings. The van der Waals surface area contributed by atoms with Crippen LogP contribution in [0.15, 0.2) is 53.0 Å². The topological polar surface area (TPSA) is 43.1 Å². The summed E-state index contributed by atoms with van der Waals surface area (Å²) in [5, 5.41) is 0. The molecule has 0 aliphatic carbocycles. The first-order chi connectivity index (χ1) is 9.49. The molecule has 0 radical (unpaired) electrons. The predicted octanol–water partition coefficient (Wildman–Crippen LogP) is 4.34. The van der Waals surface area contributed by atoms with Crippen molar-refractivity contribution in [2.75, 3.05) is 0 Å². The monoisotopic (exact) mass is 331 g/mol. The minimum absolute atomic E-state index is 0.0234. The minimum Gasteiger partial charge on any atom is -0.324 e. The third kappa shape index (κ3) is 3.35. The largest absolute Gasteiger partial charge is 0.324 e. The lowest BCUT2D eigenvalue weighted by Gasteiger charge is -2.16. The van der Waals surface area contributed by atoms with Crippen LogP contribution in [0, 0.1) is 5.92 Å². The number of hydrogen-bond donors (Lipinski definition) is 1. The van der Waals surface area contributed by atoms with E-state index < -0.39 is 0 Å². The molecule has 0 heterocycles. The molecule has 0 aromatic heterocycles. The van der Waals surface area contributed by atoms with Crippen molar-refractivity contribution in [3.63, 3.8) is 0 Å². The molecule has 104 valence electrons. The van der Waals surface area contributed by atoms with Gasteiger partial charge >= 0.3 is 0 Å². The lowest BCUT2D eigenvalue weighted by atomic mass is 9.94. The van der Waals surface area contributed by atoms with Crippen LogP contribution in [0.3, 0.4) is 0 Å². The molecule has 0 unspecified atom stereocenters. The van der Waals surface area contributed by atoms with E-state index in [4.69, 9.17) is 5.73 Å². The Hall–Kier alpha value is -1.45. The average Bonchev–Trinajstić information content (AvgIpc) is 2.46. The summed E-state index contributed by atoms with van der Waals surface area (Å²) >= 11 is 3.37. The number of hydrogen-bond acceptors (Lipinski definition) is 2. The predicted molar refractivity (Wildman–Crippen MR) is 85.8 cm³/mol. The van der Waals surface area contributed by atoms with Crippen LogP contribution < -0.4 is 5.73 Å². The third-order valence-corrected chi connectivity index (χ3v) is 3.89. The summed E-state index contributed by atoms with van der Waals surface area (Å²) in [6.45, 7) is 4.15. The number of benzene rings is 2. The Bertz CT molecular complexity index is 605. The van der Waals surface area contributed by atoms with E-state index >= 15 is 0 Å². The van der Waals surface area contributed by atoms with Gasteiger partial charge in [0, 0.05) is 21.6 Å². The second-order valence-corrected chi connectivity index (χ2v) is 6.15. The highest BCUT2D eigenvalue weighted by atomic mass is 79.9. The maximum absolute atomic E-state index is 12.4. The fourth-order valence-corrected chi connectivity index (χ4v) is 2.30. The van der Waals surface area contributed by atoms with Gasteiger partial charge in [-0.25, -0.2) is 0 Å². The Morgan fingerprint density at radius 1 is 1.05 bits per heavy atom. The van der Waals surface area contributed by atoms with E-state index in [9.17, 15) is 4.79 Å². The summed E-state index contributed by atoms with van der Waals surface area (Å²) in [6, 6.07) is 14.9. The molecule has 0 bridgehead atoms.